The number of oxime groups is 2. The van der Waals surface area contributed by atoms with E-state index >= 15 is 0 Å². The number of amides is 1. The molecule has 0 aliphatic carbocycles. The van der Waals surface area contributed by atoms with E-state index in [1.54, 1.807) is 33.9 Å². The third-order valence-corrected chi connectivity index (χ3v) is 7.49. The maximum Gasteiger partial charge on any atom is 0.434 e. The van der Waals surface area contributed by atoms with E-state index in [0.717, 1.165) is 22.3 Å². The smallest absolute Gasteiger partial charge is 0.315 e. The number of carbonyl (C=O) groups is 2. The molecule has 0 saturated carbocycles. The van der Waals surface area contributed by atoms with Crippen molar-refractivity contribution < 1.29 is 19.3 Å². The molecule has 12 nitrogen and oxygen atoms in total. The second kappa shape index (κ2) is 9.40. The summed E-state index contributed by atoms with van der Waals surface area (Å²) in [5.41, 5.74) is 0. The third-order valence-electron chi connectivity index (χ3n) is 4.50. The SMILES string of the molecule is CC1(C)Sc2nccn2C1=NOC(=O)CNSCNC(=O)ON=C1n2ccnc2SC1(C)C. The van der Waals surface area contributed by atoms with Gasteiger partial charge in [-0.1, -0.05) is 45.8 Å². The lowest BCUT2D eigenvalue weighted by Crippen LogP contribution is -2.30. The average Bonchev–Trinajstić information content (AvgIpc) is 3.45. The number of nitrogens with zero attached hydrogens (tertiary/aromatic N) is 6. The van der Waals surface area contributed by atoms with Gasteiger partial charge in [-0.15, -0.1) is 0 Å². The van der Waals surface area contributed by atoms with Gasteiger partial charge in [0.2, 0.25) is 0 Å². The fourth-order valence-corrected chi connectivity index (χ4v) is 5.59. The molecular formula is C18H22N8O4S3. The van der Waals surface area contributed by atoms with Gasteiger partial charge in [-0.25, -0.2) is 19.6 Å². The predicted octanol–water partition coefficient (Wildman–Crippen LogP) is 2.34. The first-order valence-corrected chi connectivity index (χ1v) is 12.4. The normalized spacial score (nSPS) is 20.0. The van der Waals surface area contributed by atoms with E-state index in [2.05, 4.69) is 30.3 Å². The van der Waals surface area contributed by atoms with Gasteiger partial charge in [0.1, 0.15) is 6.54 Å². The van der Waals surface area contributed by atoms with Gasteiger partial charge in [0.15, 0.2) is 22.0 Å². The highest BCUT2D eigenvalue weighted by molar-refractivity contribution is 8.02. The van der Waals surface area contributed by atoms with Crippen LogP contribution in [-0.4, -0.2) is 64.8 Å². The number of hydrogen-bond donors (Lipinski definition) is 2. The lowest BCUT2D eigenvalue weighted by Gasteiger charge is -2.15. The van der Waals surface area contributed by atoms with Gasteiger partial charge in [0, 0.05) is 24.8 Å². The van der Waals surface area contributed by atoms with Crippen molar-refractivity contribution in [3.05, 3.63) is 24.8 Å². The Labute approximate surface area is 202 Å². The highest BCUT2D eigenvalue weighted by Gasteiger charge is 2.39. The monoisotopic (exact) mass is 510 g/mol. The van der Waals surface area contributed by atoms with Crippen LogP contribution < -0.4 is 10.0 Å². The number of hydrogen-bond acceptors (Lipinski definition) is 12. The summed E-state index contributed by atoms with van der Waals surface area (Å²) in [7, 11) is 0. The fourth-order valence-electron chi connectivity index (χ4n) is 2.99. The van der Waals surface area contributed by atoms with Crippen molar-refractivity contribution in [2.75, 3.05) is 12.4 Å². The van der Waals surface area contributed by atoms with Crippen LogP contribution in [0.25, 0.3) is 0 Å². The lowest BCUT2D eigenvalue weighted by atomic mass is 10.2. The Bertz CT molecular complexity index is 1040. The number of imidazole rings is 2. The first-order valence-electron chi connectivity index (χ1n) is 9.79. The van der Waals surface area contributed by atoms with Crippen LogP contribution in [0.3, 0.4) is 0 Å². The van der Waals surface area contributed by atoms with Crippen molar-refractivity contribution in [1.82, 2.24) is 29.1 Å². The molecular weight excluding hydrogens is 488 g/mol. The Kier molecular flexibility index (Phi) is 6.74. The molecule has 2 N–H and O–H groups in total. The molecule has 0 spiro atoms. The van der Waals surface area contributed by atoms with Gasteiger partial charge >= 0.3 is 12.1 Å². The maximum atomic E-state index is 12.0. The van der Waals surface area contributed by atoms with Crippen molar-refractivity contribution in [3.63, 3.8) is 0 Å². The number of thioether (sulfide) groups is 2. The minimum Gasteiger partial charge on any atom is -0.315 e. The number of rotatable bonds is 7. The summed E-state index contributed by atoms with van der Waals surface area (Å²) in [5.74, 6) is 0.772. The first-order chi connectivity index (χ1) is 15.7. The van der Waals surface area contributed by atoms with Crippen molar-refractivity contribution >= 4 is 59.2 Å². The second-order valence-corrected chi connectivity index (χ2v) is 11.9. The van der Waals surface area contributed by atoms with Crippen LogP contribution in [0.15, 0.2) is 45.4 Å². The van der Waals surface area contributed by atoms with Gasteiger partial charge in [0.25, 0.3) is 0 Å². The largest absolute Gasteiger partial charge is 0.434 e. The summed E-state index contributed by atoms with van der Waals surface area (Å²) in [5, 5.41) is 12.1. The van der Waals surface area contributed by atoms with Crippen LogP contribution in [0.5, 0.6) is 0 Å². The highest BCUT2D eigenvalue weighted by atomic mass is 32.2. The molecule has 0 saturated heterocycles. The predicted molar refractivity (Wildman–Crippen MR) is 126 cm³/mol. The Morgan fingerprint density at radius 1 is 1.00 bits per heavy atom. The lowest BCUT2D eigenvalue weighted by molar-refractivity contribution is -0.142. The summed E-state index contributed by atoms with van der Waals surface area (Å²) in [6, 6.07) is 0. The Morgan fingerprint density at radius 2 is 1.55 bits per heavy atom. The van der Waals surface area contributed by atoms with Gasteiger partial charge in [-0.2, -0.15) is 0 Å². The van der Waals surface area contributed by atoms with E-state index in [0.29, 0.717) is 11.7 Å². The Morgan fingerprint density at radius 3 is 2.12 bits per heavy atom. The molecule has 4 rings (SSSR count). The summed E-state index contributed by atoms with van der Waals surface area (Å²) in [4.78, 5) is 42.3. The second-order valence-electron chi connectivity index (χ2n) is 7.84. The molecule has 2 aliphatic rings. The molecule has 2 aromatic rings. The zero-order valence-corrected chi connectivity index (χ0v) is 20.7. The maximum absolute atomic E-state index is 12.0. The molecule has 15 heteroatoms. The highest BCUT2D eigenvalue weighted by Crippen LogP contribution is 2.40. The summed E-state index contributed by atoms with van der Waals surface area (Å²) in [6.07, 6.45) is 6.15. The zero-order valence-electron chi connectivity index (χ0n) is 18.3. The van der Waals surface area contributed by atoms with Gasteiger partial charge in [-0.05, 0) is 27.7 Å². The van der Waals surface area contributed by atoms with Gasteiger partial charge < -0.3 is 10.2 Å². The Balaban J connectivity index is 1.16. The number of nitrogens with one attached hydrogen (secondary N) is 2. The molecule has 0 radical (unpaired) electrons. The molecule has 2 aromatic heterocycles. The van der Waals surface area contributed by atoms with Crippen LogP contribution in [0.4, 0.5) is 4.79 Å². The molecule has 0 atom stereocenters. The molecule has 33 heavy (non-hydrogen) atoms. The number of aromatic nitrogens is 4. The first kappa shape index (κ1) is 23.7. The zero-order chi connectivity index (χ0) is 23.6. The van der Waals surface area contributed by atoms with Crippen LogP contribution in [0, 0.1) is 0 Å². The van der Waals surface area contributed by atoms with E-state index in [9.17, 15) is 9.59 Å². The molecule has 0 aromatic carbocycles. The summed E-state index contributed by atoms with van der Waals surface area (Å²) < 4.78 is 5.65. The molecule has 2 aliphatic heterocycles. The van der Waals surface area contributed by atoms with Crippen LogP contribution >= 0.6 is 35.5 Å². The number of carbonyl (C=O) groups excluding carboxylic acids is 2. The van der Waals surface area contributed by atoms with Crippen molar-refractivity contribution in [2.24, 2.45) is 10.3 Å². The molecule has 0 bridgehead atoms. The number of fused-ring (bicyclic) bond motifs is 2. The molecule has 1 amide bonds. The van der Waals surface area contributed by atoms with E-state index in [4.69, 9.17) is 9.68 Å². The van der Waals surface area contributed by atoms with Crippen LogP contribution in [0.2, 0.25) is 0 Å². The van der Waals surface area contributed by atoms with Crippen LogP contribution in [0.1, 0.15) is 27.7 Å². The van der Waals surface area contributed by atoms with Crippen molar-refractivity contribution in [3.8, 4) is 0 Å². The summed E-state index contributed by atoms with van der Waals surface area (Å²) in [6.45, 7) is 7.79. The standard InChI is InChI=1S/C18H22N8O4S3/c1-17(2)12(25-7-5-19-14(25)32-17)23-29-11(27)9-22-31-10-21-16(28)30-24-13-18(3,4)33-15-20-6-8-26(13)15/h5-8,22H,9-10H2,1-4H3,(H,21,28). The van der Waals surface area contributed by atoms with Crippen molar-refractivity contribution in [2.45, 2.75) is 47.5 Å². The quantitative estimate of drug-likeness (QED) is 0.188. The molecule has 0 fully saturated rings. The van der Waals surface area contributed by atoms with Crippen LogP contribution in [-0.2, 0) is 14.5 Å². The fraction of sp³-hybridized carbons (Fsp3) is 0.444. The van der Waals surface area contributed by atoms with Gasteiger partial charge in [-0.3, -0.25) is 18.7 Å². The topological polar surface area (TPSA) is 137 Å². The van der Waals surface area contributed by atoms with E-state index in [1.165, 1.54) is 23.5 Å². The minimum atomic E-state index is -0.711. The van der Waals surface area contributed by atoms with E-state index in [1.807, 2.05) is 27.7 Å². The Hall–Kier alpha value is -2.49. The molecule has 4 heterocycles. The minimum absolute atomic E-state index is 0.0976. The average molecular weight is 511 g/mol. The van der Waals surface area contributed by atoms with E-state index < -0.39 is 12.1 Å². The molecule has 0 unspecified atom stereocenters. The molecule has 176 valence electrons. The van der Waals surface area contributed by atoms with Crippen molar-refractivity contribution in [1.29, 1.82) is 0 Å². The summed E-state index contributed by atoms with van der Waals surface area (Å²) >= 11 is 4.18. The van der Waals surface area contributed by atoms with E-state index in [-0.39, 0.29) is 21.9 Å². The third kappa shape index (κ3) is 5.20. The van der Waals surface area contributed by atoms with Gasteiger partial charge in [0.05, 0.1) is 15.4 Å².